The average molecular weight is 290 g/mol. The van der Waals surface area contributed by atoms with Gasteiger partial charge in [0.15, 0.2) is 5.78 Å². The highest BCUT2D eigenvalue weighted by Gasteiger charge is 2.08. The minimum absolute atomic E-state index is 0.148. The van der Waals surface area contributed by atoms with Crippen molar-refractivity contribution in [3.05, 3.63) is 59.7 Å². The molecule has 2 aromatic rings. The first-order chi connectivity index (χ1) is 9.16. The number of hydrogen-bond acceptors (Lipinski definition) is 4. The number of carbonyl (C=O) groups excluding carboxylic acids is 1. The van der Waals surface area contributed by atoms with Crippen molar-refractivity contribution in [2.75, 3.05) is 5.75 Å². The zero-order chi connectivity index (χ0) is 13.7. The van der Waals surface area contributed by atoms with Gasteiger partial charge in [-0.2, -0.15) is 0 Å². The molecule has 0 saturated carbocycles. The minimum Gasteiger partial charge on any atom is -0.508 e. The van der Waals surface area contributed by atoms with E-state index in [9.17, 15) is 9.90 Å². The van der Waals surface area contributed by atoms with E-state index in [-0.39, 0.29) is 11.5 Å². The summed E-state index contributed by atoms with van der Waals surface area (Å²) in [6.07, 6.45) is 0. The van der Waals surface area contributed by atoms with Gasteiger partial charge in [-0.25, -0.2) is 0 Å². The number of carbonyl (C=O) groups is 1. The highest BCUT2D eigenvalue weighted by Crippen LogP contribution is 2.32. The molecule has 0 bridgehead atoms. The first kappa shape index (κ1) is 14.0. The third kappa shape index (κ3) is 4.04. The van der Waals surface area contributed by atoms with Crippen LogP contribution in [0.3, 0.4) is 0 Å². The maximum Gasteiger partial charge on any atom is 0.173 e. The Bertz CT molecular complexity index is 565. The molecule has 4 heteroatoms. The fraction of sp³-hybridized carbons (Fsp3) is 0.133. The van der Waals surface area contributed by atoms with Gasteiger partial charge in [0.2, 0.25) is 0 Å². The zero-order valence-corrected chi connectivity index (χ0v) is 12.1. The summed E-state index contributed by atoms with van der Waals surface area (Å²) in [6.45, 7) is 1.95. The number of Topliss-reactive ketones (excluding diaryl/α,β-unsaturated/α-hetero) is 1. The Morgan fingerprint density at radius 3 is 2.47 bits per heavy atom. The van der Waals surface area contributed by atoms with Crippen LogP contribution in [0.4, 0.5) is 0 Å². The first-order valence-electron chi connectivity index (χ1n) is 5.84. The number of rotatable bonds is 5. The first-order valence-corrected chi connectivity index (χ1v) is 8.16. The number of phenols is 1. The van der Waals surface area contributed by atoms with Crippen LogP contribution in [-0.4, -0.2) is 16.6 Å². The molecule has 0 heterocycles. The molecular weight excluding hydrogens is 276 g/mol. The summed E-state index contributed by atoms with van der Waals surface area (Å²) in [5, 5.41) is 9.18. The fourth-order valence-corrected chi connectivity index (χ4v) is 3.56. The smallest absolute Gasteiger partial charge is 0.173 e. The van der Waals surface area contributed by atoms with Gasteiger partial charge in [0.05, 0.1) is 5.75 Å². The number of ketones is 1. The van der Waals surface area contributed by atoms with Crippen LogP contribution in [0, 0.1) is 6.92 Å². The van der Waals surface area contributed by atoms with Gasteiger partial charge in [-0.1, -0.05) is 45.9 Å². The van der Waals surface area contributed by atoms with Crippen molar-refractivity contribution in [3.8, 4) is 5.75 Å². The van der Waals surface area contributed by atoms with E-state index in [1.54, 1.807) is 22.9 Å². The van der Waals surface area contributed by atoms with Gasteiger partial charge in [-0.3, -0.25) is 4.79 Å². The Balaban J connectivity index is 1.88. The van der Waals surface area contributed by atoms with Crippen LogP contribution in [0.15, 0.2) is 53.4 Å². The molecular formula is C15H14O2S2. The number of hydrogen-bond donors (Lipinski definition) is 1. The molecule has 0 fully saturated rings. The second kappa shape index (κ2) is 6.68. The molecule has 0 saturated heterocycles. The lowest BCUT2D eigenvalue weighted by atomic mass is 10.1. The lowest BCUT2D eigenvalue weighted by molar-refractivity contribution is 0.102. The highest BCUT2D eigenvalue weighted by atomic mass is 33.1. The second-order valence-electron chi connectivity index (χ2n) is 4.08. The van der Waals surface area contributed by atoms with Gasteiger partial charge in [-0.05, 0) is 36.8 Å². The summed E-state index contributed by atoms with van der Waals surface area (Å²) >= 11 is 0. The van der Waals surface area contributed by atoms with E-state index >= 15 is 0 Å². The molecule has 0 aliphatic heterocycles. The molecule has 0 radical (unpaired) electrons. The van der Waals surface area contributed by atoms with Crippen LogP contribution < -0.4 is 0 Å². The maximum absolute atomic E-state index is 12.0. The standard InChI is InChI=1S/C15H14O2S2/c1-11-4-2-3-5-14(11)15(17)10-18-19-13-8-6-12(16)7-9-13/h2-9,16H,10H2,1H3. The topological polar surface area (TPSA) is 37.3 Å². The largest absolute Gasteiger partial charge is 0.508 e. The van der Waals surface area contributed by atoms with Crippen molar-refractivity contribution in [1.82, 2.24) is 0 Å². The van der Waals surface area contributed by atoms with E-state index in [1.807, 2.05) is 43.3 Å². The Morgan fingerprint density at radius 2 is 1.79 bits per heavy atom. The van der Waals surface area contributed by atoms with Crippen molar-refractivity contribution in [3.63, 3.8) is 0 Å². The molecule has 0 unspecified atom stereocenters. The van der Waals surface area contributed by atoms with Crippen LogP contribution in [0.25, 0.3) is 0 Å². The Hall–Kier alpha value is -1.39. The van der Waals surface area contributed by atoms with Crippen molar-refractivity contribution in [1.29, 1.82) is 0 Å². The van der Waals surface area contributed by atoms with Gasteiger partial charge in [0, 0.05) is 10.5 Å². The monoisotopic (exact) mass is 290 g/mol. The summed E-state index contributed by atoms with van der Waals surface area (Å²) in [7, 11) is 3.05. The van der Waals surface area contributed by atoms with Gasteiger partial charge in [-0.15, -0.1) is 0 Å². The van der Waals surface area contributed by atoms with Gasteiger partial charge in [0.25, 0.3) is 0 Å². The summed E-state index contributed by atoms with van der Waals surface area (Å²) < 4.78 is 0. The minimum atomic E-state index is 0.148. The molecule has 98 valence electrons. The lowest BCUT2D eigenvalue weighted by Gasteiger charge is -2.04. The normalized spacial score (nSPS) is 10.4. The second-order valence-corrected chi connectivity index (χ2v) is 6.45. The van der Waals surface area contributed by atoms with E-state index < -0.39 is 0 Å². The van der Waals surface area contributed by atoms with Crippen molar-refractivity contribution >= 4 is 27.4 Å². The molecule has 0 aliphatic rings. The van der Waals surface area contributed by atoms with Crippen LogP contribution in [0.2, 0.25) is 0 Å². The number of aromatic hydroxyl groups is 1. The van der Waals surface area contributed by atoms with Crippen LogP contribution in [0.5, 0.6) is 5.75 Å². The number of phenolic OH excluding ortho intramolecular Hbond substituents is 1. The molecule has 2 nitrogen and oxygen atoms in total. The summed E-state index contributed by atoms with van der Waals surface area (Å²) in [5.41, 5.74) is 1.81. The Labute approximate surface area is 120 Å². The van der Waals surface area contributed by atoms with E-state index in [2.05, 4.69) is 0 Å². The third-order valence-electron chi connectivity index (χ3n) is 2.63. The predicted molar refractivity (Wildman–Crippen MR) is 81.9 cm³/mol. The molecule has 19 heavy (non-hydrogen) atoms. The van der Waals surface area contributed by atoms with E-state index in [0.717, 1.165) is 16.0 Å². The zero-order valence-electron chi connectivity index (χ0n) is 10.5. The van der Waals surface area contributed by atoms with Crippen molar-refractivity contribution in [2.24, 2.45) is 0 Å². The van der Waals surface area contributed by atoms with Crippen LogP contribution >= 0.6 is 21.6 Å². The SMILES string of the molecule is Cc1ccccc1C(=O)CSSc1ccc(O)cc1. The van der Waals surface area contributed by atoms with Crippen molar-refractivity contribution in [2.45, 2.75) is 11.8 Å². The average Bonchev–Trinajstić information content (AvgIpc) is 2.41. The van der Waals surface area contributed by atoms with Gasteiger partial charge in [0.1, 0.15) is 5.75 Å². The predicted octanol–water partition coefficient (Wildman–Crippen LogP) is 4.32. The lowest BCUT2D eigenvalue weighted by Crippen LogP contribution is -2.03. The highest BCUT2D eigenvalue weighted by molar-refractivity contribution is 8.76. The molecule has 1 N–H and O–H groups in total. The Kier molecular flexibility index (Phi) is 4.93. The van der Waals surface area contributed by atoms with Gasteiger partial charge >= 0.3 is 0 Å². The fourth-order valence-electron chi connectivity index (χ4n) is 1.62. The van der Waals surface area contributed by atoms with E-state index in [1.165, 1.54) is 10.8 Å². The maximum atomic E-state index is 12.0. The molecule has 2 aromatic carbocycles. The van der Waals surface area contributed by atoms with E-state index in [0.29, 0.717) is 5.75 Å². The molecule has 0 aromatic heterocycles. The molecule has 0 amide bonds. The summed E-state index contributed by atoms with van der Waals surface area (Å²) in [5.74, 6) is 0.843. The number of aryl methyl sites for hydroxylation is 1. The van der Waals surface area contributed by atoms with E-state index in [4.69, 9.17) is 0 Å². The number of benzene rings is 2. The molecule has 0 aliphatic carbocycles. The van der Waals surface area contributed by atoms with Crippen molar-refractivity contribution < 1.29 is 9.90 Å². The quantitative estimate of drug-likeness (QED) is 0.657. The third-order valence-corrected chi connectivity index (χ3v) is 4.87. The van der Waals surface area contributed by atoms with Crippen LogP contribution in [-0.2, 0) is 0 Å². The molecule has 2 rings (SSSR count). The van der Waals surface area contributed by atoms with Crippen LogP contribution in [0.1, 0.15) is 15.9 Å². The van der Waals surface area contributed by atoms with Gasteiger partial charge < -0.3 is 5.11 Å². The Morgan fingerprint density at radius 1 is 1.11 bits per heavy atom. The summed E-state index contributed by atoms with van der Waals surface area (Å²) in [6, 6.07) is 14.6. The molecule has 0 atom stereocenters. The summed E-state index contributed by atoms with van der Waals surface area (Å²) in [4.78, 5) is 13.1. The molecule has 0 spiro atoms.